The number of nitrogens with one attached hydrogen (secondary N) is 1. The van der Waals surface area contributed by atoms with Crippen LogP contribution in [0.5, 0.6) is 5.75 Å². The molecule has 0 fully saturated rings. The maximum absolute atomic E-state index is 11.1. The molecule has 0 saturated carbocycles. The number of nitrogens with zero attached hydrogens (tertiary/aromatic N) is 5. The molecule has 0 heterocycles. The second kappa shape index (κ2) is 9.69. The van der Waals surface area contributed by atoms with Gasteiger partial charge in [-0.05, 0) is 24.3 Å². The number of rotatable bonds is 7. The van der Waals surface area contributed by atoms with Gasteiger partial charge in [-0.25, -0.2) is 0 Å². The minimum atomic E-state index is -0.526. The number of hydrogen-bond acceptors (Lipinski definition) is 8. The number of hydrogen-bond donors (Lipinski definition) is 1. The van der Waals surface area contributed by atoms with Crippen molar-refractivity contribution < 1.29 is 14.6 Å². The van der Waals surface area contributed by atoms with Gasteiger partial charge in [-0.1, -0.05) is 24.3 Å². The van der Waals surface area contributed by atoms with Gasteiger partial charge >= 0.3 is 0 Å². The summed E-state index contributed by atoms with van der Waals surface area (Å²) in [5.74, 6) is 0.556. The van der Waals surface area contributed by atoms with Crippen LogP contribution in [0.4, 0.5) is 22.7 Å². The SMILES string of the molecule is COc1ccccc1N=N/C(=N\Nc1ccc([N+](=O)[O-])cc1)c1cccc([N+](=O)[O-])c1. The van der Waals surface area contributed by atoms with Crippen molar-refractivity contribution in [2.24, 2.45) is 15.3 Å². The van der Waals surface area contributed by atoms with Crippen molar-refractivity contribution in [1.82, 2.24) is 0 Å². The van der Waals surface area contributed by atoms with Gasteiger partial charge in [0, 0.05) is 29.8 Å². The van der Waals surface area contributed by atoms with Crippen molar-refractivity contribution in [1.29, 1.82) is 0 Å². The van der Waals surface area contributed by atoms with Crippen molar-refractivity contribution in [3.63, 3.8) is 0 Å². The first-order valence-electron chi connectivity index (χ1n) is 8.85. The molecule has 11 nitrogen and oxygen atoms in total. The first-order valence-corrected chi connectivity index (χ1v) is 8.85. The van der Waals surface area contributed by atoms with Crippen LogP contribution in [0.2, 0.25) is 0 Å². The van der Waals surface area contributed by atoms with Crippen molar-refractivity contribution >= 4 is 28.6 Å². The number of benzene rings is 3. The summed E-state index contributed by atoms with van der Waals surface area (Å²) in [4.78, 5) is 20.9. The van der Waals surface area contributed by atoms with Gasteiger partial charge in [0.2, 0.25) is 5.84 Å². The number of nitro benzene ring substituents is 2. The van der Waals surface area contributed by atoms with Gasteiger partial charge in [0.05, 0.1) is 22.6 Å². The zero-order valence-electron chi connectivity index (χ0n) is 16.2. The van der Waals surface area contributed by atoms with Crippen LogP contribution in [0, 0.1) is 20.2 Å². The van der Waals surface area contributed by atoms with Gasteiger partial charge in [-0.3, -0.25) is 25.7 Å². The van der Waals surface area contributed by atoms with Crippen molar-refractivity contribution in [3.8, 4) is 5.75 Å². The van der Waals surface area contributed by atoms with Crippen LogP contribution in [0.1, 0.15) is 5.56 Å². The van der Waals surface area contributed by atoms with Crippen LogP contribution in [-0.2, 0) is 0 Å². The Kier molecular flexibility index (Phi) is 6.58. The normalized spacial score (nSPS) is 11.3. The molecule has 0 aliphatic carbocycles. The van der Waals surface area contributed by atoms with Gasteiger partial charge in [-0.15, -0.1) is 10.2 Å². The summed E-state index contributed by atoms with van der Waals surface area (Å²) >= 11 is 0. The number of anilines is 1. The van der Waals surface area contributed by atoms with Gasteiger partial charge in [-0.2, -0.15) is 5.10 Å². The highest BCUT2D eigenvalue weighted by Crippen LogP contribution is 2.27. The number of nitro groups is 2. The standard InChI is InChI=1S/C20H16N6O5/c1-31-19-8-3-2-7-18(19)22-24-20(14-5-4-6-17(13-14)26(29)30)23-21-15-9-11-16(12-10-15)25(27)28/h2-13,21H,1H3/b23-20-,24-22?. The highest BCUT2D eigenvalue weighted by atomic mass is 16.6. The highest BCUT2D eigenvalue weighted by molar-refractivity contribution is 6.00. The highest BCUT2D eigenvalue weighted by Gasteiger charge is 2.11. The van der Waals surface area contributed by atoms with Crippen molar-refractivity contribution in [3.05, 3.63) is 98.6 Å². The first-order chi connectivity index (χ1) is 15.0. The Morgan fingerprint density at radius 2 is 1.61 bits per heavy atom. The smallest absolute Gasteiger partial charge is 0.270 e. The zero-order valence-corrected chi connectivity index (χ0v) is 16.2. The van der Waals surface area contributed by atoms with Gasteiger partial charge in [0.1, 0.15) is 11.4 Å². The molecule has 0 radical (unpaired) electrons. The second-order valence-corrected chi connectivity index (χ2v) is 6.03. The number of azo groups is 1. The van der Waals surface area contributed by atoms with Crippen LogP contribution in [0.3, 0.4) is 0 Å². The number of amidine groups is 1. The van der Waals surface area contributed by atoms with Crippen LogP contribution in [0.15, 0.2) is 88.1 Å². The number of ether oxygens (including phenoxy) is 1. The van der Waals surface area contributed by atoms with Crippen LogP contribution < -0.4 is 10.2 Å². The Hall–Kier alpha value is -4.67. The van der Waals surface area contributed by atoms with E-state index in [2.05, 4.69) is 20.8 Å². The van der Waals surface area contributed by atoms with Crippen molar-refractivity contribution in [2.45, 2.75) is 0 Å². The minimum Gasteiger partial charge on any atom is -0.494 e. The van der Waals surface area contributed by atoms with E-state index in [-0.39, 0.29) is 17.2 Å². The average molecular weight is 420 g/mol. The van der Waals surface area contributed by atoms with Crippen molar-refractivity contribution in [2.75, 3.05) is 12.5 Å². The molecule has 0 spiro atoms. The fourth-order valence-corrected chi connectivity index (χ4v) is 2.49. The van der Waals surface area contributed by atoms with E-state index in [1.54, 1.807) is 30.3 Å². The molecule has 0 saturated heterocycles. The molecule has 3 rings (SSSR count). The Morgan fingerprint density at radius 1 is 0.903 bits per heavy atom. The zero-order chi connectivity index (χ0) is 22.2. The van der Waals surface area contributed by atoms with E-state index in [0.29, 0.717) is 22.7 Å². The Morgan fingerprint density at radius 3 is 2.29 bits per heavy atom. The van der Waals surface area contributed by atoms with Gasteiger partial charge in [0.15, 0.2) is 0 Å². The minimum absolute atomic E-state index is 0.0629. The molecule has 3 aromatic carbocycles. The van der Waals surface area contributed by atoms with E-state index in [4.69, 9.17) is 4.74 Å². The molecule has 0 bridgehead atoms. The second-order valence-electron chi connectivity index (χ2n) is 6.03. The molecule has 156 valence electrons. The van der Waals surface area contributed by atoms with Crippen LogP contribution in [-0.4, -0.2) is 22.8 Å². The summed E-state index contributed by atoms with van der Waals surface area (Å²) in [5, 5.41) is 34.4. The molecule has 0 atom stereocenters. The predicted molar refractivity (Wildman–Crippen MR) is 114 cm³/mol. The quantitative estimate of drug-likeness (QED) is 0.186. The number of non-ortho nitro benzene ring substituents is 2. The Bertz CT molecular complexity index is 1160. The van der Waals surface area contributed by atoms with E-state index in [9.17, 15) is 20.2 Å². The van der Waals surface area contributed by atoms with E-state index >= 15 is 0 Å². The van der Waals surface area contributed by atoms with Crippen LogP contribution in [0.25, 0.3) is 0 Å². The average Bonchev–Trinajstić information content (AvgIpc) is 2.79. The Balaban J connectivity index is 1.96. The maximum Gasteiger partial charge on any atom is 0.270 e. The predicted octanol–water partition coefficient (Wildman–Crippen LogP) is 5.07. The summed E-state index contributed by atoms with van der Waals surface area (Å²) in [6.07, 6.45) is 0. The molecular weight excluding hydrogens is 404 g/mol. The molecule has 11 heteroatoms. The summed E-state index contributed by atoms with van der Waals surface area (Å²) in [6, 6.07) is 18.3. The lowest BCUT2D eigenvalue weighted by Gasteiger charge is -2.05. The molecule has 3 aromatic rings. The third kappa shape index (κ3) is 5.44. The topological polar surface area (TPSA) is 145 Å². The fraction of sp³-hybridized carbons (Fsp3) is 0.0500. The monoisotopic (exact) mass is 420 g/mol. The summed E-state index contributed by atoms with van der Waals surface area (Å²) in [6.45, 7) is 0. The molecule has 0 aromatic heterocycles. The van der Waals surface area contributed by atoms with Gasteiger partial charge < -0.3 is 4.74 Å². The third-order valence-electron chi connectivity index (χ3n) is 4.02. The fourth-order valence-electron chi connectivity index (χ4n) is 2.49. The van der Waals surface area contributed by atoms with E-state index < -0.39 is 9.85 Å². The molecule has 31 heavy (non-hydrogen) atoms. The molecule has 1 N–H and O–H groups in total. The number of para-hydroxylation sites is 1. The molecule has 0 amide bonds. The first kappa shape index (κ1) is 21.0. The molecule has 0 aliphatic rings. The summed E-state index contributed by atoms with van der Waals surface area (Å²) < 4.78 is 5.24. The molecule has 0 unspecified atom stereocenters. The summed E-state index contributed by atoms with van der Waals surface area (Å²) in [7, 11) is 1.50. The number of methoxy groups -OCH3 is 1. The lowest BCUT2D eigenvalue weighted by Crippen LogP contribution is -2.02. The maximum atomic E-state index is 11.1. The third-order valence-corrected chi connectivity index (χ3v) is 4.02. The Labute approximate surface area is 176 Å². The number of hydrazone groups is 1. The lowest BCUT2D eigenvalue weighted by atomic mass is 10.2. The summed E-state index contributed by atoms with van der Waals surface area (Å²) in [5.41, 5.74) is 3.79. The molecule has 0 aliphatic heterocycles. The van der Waals surface area contributed by atoms with E-state index in [0.717, 1.165) is 0 Å². The van der Waals surface area contributed by atoms with E-state index in [1.807, 2.05) is 0 Å². The molecular formula is C20H16N6O5. The lowest BCUT2D eigenvalue weighted by molar-refractivity contribution is -0.385. The van der Waals surface area contributed by atoms with E-state index in [1.165, 1.54) is 49.6 Å². The van der Waals surface area contributed by atoms with Gasteiger partial charge in [0.25, 0.3) is 11.4 Å². The van der Waals surface area contributed by atoms with Crippen LogP contribution >= 0.6 is 0 Å². The largest absolute Gasteiger partial charge is 0.494 e.